The zero-order chi connectivity index (χ0) is 30.3. The number of hydroxylamine groups is 2. The molecule has 0 fully saturated rings. The van der Waals surface area contributed by atoms with E-state index >= 15 is 0 Å². The number of carbonyl (C=O) groups excluding carboxylic acids is 3. The van der Waals surface area contributed by atoms with Gasteiger partial charge in [-0.1, -0.05) is 18.2 Å². The number of rotatable bonds is 7. The average molecular weight is 582 g/mol. The van der Waals surface area contributed by atoms with Gasteiger partial charge in [0.05, 0.1) is 22.3 Å². The summed E-state index contributed by atoms with van der Waals surface area (Å²) in [6.07, 6.45) is -4.93. The van der Waals surface area contributed by atoms with Gasteiger partial charge in [-0.2, -0.15) is 13.2 Å². The lowest BCUT2D eigenvalue weighted by atomic mass is 9.94. The Balaban J connectivity index is 1.63. The predicted molar refractivity (Wildman–Crippen MR) is 138 cm³/mol. The summed E-state index contributed by atoms with van der Waals surface area (Å²) in [6, 6.07) is 13.5. The molecule has 42 heavy (non-hydrogen) atoms. The smallest absolute Gasteiger partial charge is 0.416 e. The summed E-state index contributed by atoms with van der Waals surface area (Å²) in [6.45, 7) is 0.834. The van der Waals surface area contributed by atoms with Gasteiger partial charge >= 0.3 is 6.18 Å². The third-order valence-corrected chi connectivity index (χ3v) is 6.49. The molecule has 1 aliphatic heterocycles. The van der Waals surface area contributed by atoms with E-state index in [1.54, 1.807) is 12.1 Å². The maximum absolute atomic E-state index is 14.4. The fraction of sp³-hybridized carbons (Fsp3) is 0.100. The van der Waals surface area contributed by atoms with E-state index < -0.39 is 59.0 Å². The normalized spacial score (nSPS) is 13.0. The number of ether oxygens (including phenoxy) is 1. The summed E-state index contributed by atoms with van der Waals surface area (Å²) in [5.74, 6) is -4.64. The standard InChI is InChI=1S/C30H19F5N2O5/c1-15-10-18(31)7-9-25(15)42-26-23(12-17(30(33,34)35)13-24(26)27(36)38)20-8-6-19(32)11-16(20)14-41-37-28(39)21-4-2-3-5-22(21)29(37)40/h2-13H,14H2,1H3,(H2,36,38). The Morgan fingerprint density at radius 3 is 2.05 bits per heavy atom. The third kappa shape index (κ3) is 5.31. The van der Waals surface area contributed by atoms with Crippen molar-refractivity contribution in [1.82, 2.24) is 5.06 Å². The molecule has 1 heterocycles. The number of amides is 3. The van der Waals surface area contributed by atoms with E-state index in [0.717, 1.165) is 30.3 Å². The number of nitrogens with two attached hydrogens (primary N) is 1. The zero-order valence-electron chi connectivity index (χ0n) is 21.6. The maximum Gasteiger partial charge on any atom is 0.416 e. The van der Waals surface area contributed by atoms with Crippen LogP contribution in [-0.4, -0.2) is 22.8 Å². The molecule has 3 amide bonds. The molecule has 0 radical (unpaired) electrons. The molecule has 0 saturated heterocycles. The topological polar surface area (TPSA) is 98.9 Å². The molecule has 5 rings (SSSR count). The minimum absolute atomic E-state index is 0.00541. The first-order chi connectivity index (χ1) is 19.8. The van der Waals surface area contributed by atoms with E-state index in [-0.39, 0.29) is 39.1 Å². The van der Waals surface area contributed by atoms with Gasteiger partial charge in [-0.3, -0.25) is 19.2 Å². The number of nitrogens with zero attached hydrogens (tertiary/aromatic N) is 1. The Morgan fingerprint density at radius 2 is 1.45 bits per heavy atom. The SMILES string of the molecule is Cc1cc(F)ccc1Oc1c(C(N)=O)cc(C(F)(F)F)cc1-c1ccc(F)cc1CON1C(=O)c2ccccc2C1=O. The van der Waals surface area contributed by atoms with Crippen LogP contribution >= 0.6 is 0 Å². The first-order valence-electron chi connectivity index (χ1n) is 12.2. The van der Waals surface area contributed by atoms with Crippen LogP contribution in [0.5, 0.6) is 11.5 Å². The monoisotopic (exact) mass is 582 g/mol. The lowest BCUT2D eigenvalue weighted by Crippen LogP contribution is -2.29. The Labute approximate surface area is 234 Å². The van der Waals surface area contributed by atoms with Crippen molar-refractivity contribution in [2.24, 2.45) is 5.73 Å². The van der Waals surface area contributed by atoms with Crippen LogP contribution in [0.4, 0.5) is 22.0 Å². The van der Waals surface area contributed by atoms with Crippen LogP contribution in [0, 0.1) is 18.6 Å². The molecule has 0 atom stereocenters. The fourth-order valence-electron chi connectivity index (χ4n) is 4.49. The fourth-order valence-corrected chi connectivity index (χ4v) is 4.49. The molecular formula is C30H19F5N2O5. The van der Waals surface area contributed by atoms with Crippen molar-refractivity contribution in [3.8, 4) is 22.6 Å². The molecule has 1 aliphatic rings. The van der Waals surface area contributed by atoms with Crippen molar-refractivity contribution in [1.29, 1.82) is 0 Å². The highest BCUT2D eigenvalue weighted by atomic mass is 19.4. The van der Waals surface area contributed by atoms with E-state index in [4.69, 9.17) is 15.3 Å². The third-order valence-electron chi connectivity index (χ3n) is 6.49. The molecule has 214 valence electrons. The lowest BCUT2D eigenvalue weighted by Gasteiger charge is -2.21. The summed E-state index contributed by atoms with van der Waals surface area (Å²) >= 11 is 0. The van der Waals surface area contributed by atoms with Crippen molar-refractivity contribution in [3.63, 3.8) is 0 Å². The van der Waals surface area contributed by atoms with Crippen molar-refractivity contribution in [2.75, 3.05) is 0 Å². The number of imide groups is 1. The van der Waals surface area contributed by atoms with Gasteiger partial charge in [-0.15, -0.1) is 5.06 Å². The second-order valence-corrected chi connectivity index (χ2v) is 9.30. The highest BCUT2D eigenvalue weighted by Gasteiger charge is 2.37. The Morgan fingerprint density at radius 1 is 0.833 bits per heavy atom. The summed E-state index contributed by atoms with van der Waals surface area (Å²) in [7, 11) is 0. The first-order valence-corrected chi connectivity index (χ1v) is 12.2. The van der Waals surface area contributed by atoms with Crippen LogP contribution < -0.4 is 10.5 Å². The van der Waals surface area contributed by atoms with Gasteiger partial charge in [0, 0.05) is 5.56 Å². The highest BCUT2D eigenvalue weighted by Crippen LogP contribution is 2.43. The number of primary amides is 1. The molecule has 0 bridgehead atoms. The first kappa shape index (κ1) is 28.4. The molecule has 0 saturated carbocycles. The van der Waals surface area contributed by atoms with E-state index in [9.17, 15) is 36.3 Å². The van der Waals surface area contributed by atoms with Gasteiger partial charge in [0.15, 0.2) is 0 Å². The van der Waals surface area contributed by atoms with Crippen LogP contribution in [-0.2, 0) is 17.6 Å². The Bertz CT molecular complexity index is 1730. The van der Waals surface area contributed by atoms with Crippen molar-refractivity contribution < 1.29 is 45.9 Å². The van der Waals surface area contributed by atoms with E-state index in [0.29, 0.717) is 17.2 Å². The van der Waals surface area contributed by atoms with Crippen LogP contribution in [0.2, 0.25) is 0 Å². The van der Waals surface area contributed by atoms with Gasteiger partial charge in [0.25, 0.3) is 17.7 Å². The van der Waals surface area contributed by atoms with Crippen molar-refractivity contribution >= 4 is 17.7 Å². The van der Waals surface area contributed by atoms with Crippen LogP contribution in [0.15, 0.2) is 72.8 Å². The highest BCUT2D eigenvalue weighted by molar-refractivity contribution is 6.20. The minimum Gasteiger partial charge on any atom is -0.456 e. The number of halogens is 5. The molecule has 0 spiro atoms. The van der Waals surface area contributed by atoms with Crippen LogP contribution in [0.25, 0.3) is 11.1 Å². The maximum atomic E-state index is 14.4. The van der Waals surface area contributed by atoms with Gasteiger partial charge in [0.1, 0.15) is 29.7 Å². The van der Waals surface area contributed by atoms with Gasteiger partial charge in [-0.05, 0) is 78.2 Å². The van der Waals surface area contributed by atoms with Gasteiger partial charge in [-0.25, -0.2) is 8.78 Å². The number of hydrogen-bond acceptors (Lipinski definition) is 5. The number of alkyl halides is 3. The molecule has 4 aromatic rings. The Kier molecular flexibility index (Phi) is 7.25. The number of aryl methyl sites for hydroxylation is 1. The molecule has 0 aliphatic carbocycles. The average Bonchev–Trinajstić information content (AvgIpc) is 3.17. The summed E-state index contributed by atoms with van der Waals surface area (Å²) in [5, 5.41) is 0.472. The van der Waals surface area contributed by atoms with Crippen LogP contribution in [0.1, 0.15) is 47.8 Å². The second-order valence-electron chi connectivity index (χ2n) is 9.30. The zero-order valence-corrected chi connectivity index (χ0v) is 21.6. The molecule has 12 heteroatoms. The molecular weight excluding hydrogens is 563 g/mol. The van der Waals surface area contributed by atoms with Gasteiger partial charge in [0.2, 0.25) is 0 Å². The Hall–Kier alpha value is -5.10. The molecule has 0 unspecified atom stereocenters. The predicted octanol–water partition coefficient (Wildman–Crippen LogP) is 6.58. The number of benzene rings is 4. The number of fused-ring (bicyclic) bond motifs is 1. The lowest BCUT2D eigenvalue weighted by molar-refractivity contribution is -0.137. The van der Waals surface area contributed by atoms with E-state index in [1.807, 2.05) is 0 Å². The second kappa shape index (κ2) is 10.7. The van der Waals surface area contributed by atoms with Crippen LogP contribution in [0.3, 0.4) is 0 Å². The summed E-state index contributed by atoms with van der Waals surface area (Å²) < 4.78 is 75.8. The number of carbonyl (C=O) groups is 3. The molecule has 7 nitrogen and oxygen atoms in total. The van der Waals surface area contributed by atoms with Crippen molar-refractivity contribution in [3.05, 3.63) is 118 Å². The van der Waals surface area contributed by atoms with Crippen molar-refractivity contribution in [2.45, 2.75) is 19.7 Å². The molecule has 2 N–H and O–H groups in total. The number of hydrogen-bond donors (Lipinski definition) is 1. The summed E-state index contributed by atoms with van der Waals surface area (Å²) in [4.78, 5) is 43.3. The quantitative estimate of drug-likeness (QED) is 0.196. The molecule has 4 aromatic carbocycles. The van der Waals surface area contributed by atoms with E-state index in [2.05, 4.69) is 0 Å². The van der Waals surface area contributed by atoms with E-state index in [1.165, 1.54) is 25.1 Å². The van der Waals surface area contributed by atoms with Gasteiger partial charge < -0.3 is 10.5 Å². The molecule has 0 aromatic heterocycles. The summed E-state index contributed by atoms with van der Waals surface area (Å²) in [5.41, 5.74) is 3.44. The largest absolute Gasteiger partial charge is 0.456 e. The minimum atomic E-state index is -4.93.